The number of anilines is 1. The highest BCUT2D eigenvalue weighted by atomic mass is 32.2. The molecule has 1 aromatic carbocycles. The Hall–Kier alpha value is -3.67. The summed E-state index contributed by atoms with van der Waals surface area (Å²) in [6, 6.07) is 11.7. The van der Waals surface area contributed by atoms with Gasteiger partial charge in [0.15, 0.2) is 5.03 Å². The van der Waals surface area contributed by atoms with Gasteiger partial charge in [0.2, 0.25) is 5.88 Å². The molecule has 0 bridgehead atoms. The van der Waals surface area contributed by atoms with Gasteiger partial charge in [-0.05, 0) is 50.5 Å². The van der Waals surface area contributed by atoms with Crippen molar-refractivity contribution in [3.8, 4) is 5.88 Å². The van der Waals surface area contributed by atoms with E-state index >= 15 is 0 Å². The minimum Gasteiger partial charge on any atom is -0.473 e. The third-order valence-corrected chi connectivity index (χ3v) is 8.11. The molecule has 1 atom stereocenters. The molecule has 1 unspecified atom stereocenters. The van der Waals surface area contributed by atoms with E-state index in [4.69, 9.17) is 4.74 Å². The van der Waals surface area contributed by atoms with E-state index in [1.54, 1.807) is 12.3 Å². The SMILES string of the molecule is CC1CCN(c2ncccc2C(=O)NS(=O)(=O)c2cccc(OCc3ccccc3C(F)(F)F)n2)C1(C)C. The number of hydrogen-bond acceptors (Lipinski definition) is 7. The first kappa shape index (κ1) is 27.4. The maximum Gasteiger partial charge on any atom is 0.416 e. The zero-order chi connectivity index (χ0) is 27.7. The molecule has 8 nitrogen and oxygen atoms in total. The van der Waals surface area contributed by atoms with Crippen LogP contribution < -0.4 is 14.4 Å². The van der Waals surface area contributed by atoms with E-state index in [9.17, 15) is 26.4 Å². The number of pyridine rings is 2. The average molecular weight is 549 g/mol. The van der Waals surface area contributed by atoms with E-state index in [-0.39, 0.29) is 22.5 Å². The quantitative estimate of drug-likeness (QED) is 0.452. The Morgan fingerprint density at radius 2 is 1.87 bits per heavy atom. The Labute approximate surface area is 218 Å². The highest BCUT2D eigenvalue weighted by molar-refractivity contribution is 7.90. The summed E-state index contributed by atoms with van der Waals surface area (Å²) in [5.74, 6) is -0.384. The molecule has 1 aliphatic rings. The summed E-state index contributed by atoms with van der Waals surface area (Å²) < 4.78 is 73.1. The average Bonchev–Trinajstić information content (AvgIpc) is 3.14. The van der Waals surface area contributed by atoms with Gasteiger partial charge in [0.1, 0.15) is 12.4 Å². The second kappa shape index (κ2) is 10.2. The minimum atomic E-state index is -4.57. The van der Waals surface area contributed by atoms with Crippen LogP contribution in [0.5, 0.6) is 5.88 Å². The number of hydrogen-bond donors (Lipinski definition) is 1. The largest absolute Gasteiger partial charge is 0.473 e. The van der Waals surface area contributed by atoms with Gasteiger partial charge in [-0.3, -0.25) is 4.79 Å². The molecule has 202 valence electrons. The van der Waals surface area contributed by atoms with E-state index in [0.29, 0.717) is 18.3 Å². The lowest BCUT2D eigenvalue weighted by Gasteiger charge is -2.36. The molecule has 2 aromatic heterocycles. The van der Waals surface area contributed by atoms with Gasteiger partial charge in [0.25, 0.3) is 15.9 Å². The third-order valence-electron chi connectivity index (χ3n) is 6.87. The molecule has 3 heterocycles. The molecule has 0 saturated carbocycles. The molecule has 4 rings (SSSR count). The molecule has 38 heavy (non-hydrogen) atoms. The van der Waals surface area contributed by atoms with Gasteiger partial charge in [-0.2, -0.15) is 26.6 Å². The summed E-state index contributed by atoms with van der Waals surface area (Å²) >= 11 is 0. The van der Waals surface area contributed by atoms with E-state index < -0.39 is 39.3 Å². The third kappa shape index (κ3) is 5.59. The summed E-state index contributed by atoms with van der Waals surface area (Å²) in [5, 5.41) is -0.520. The number of carbonyl (C=O) groups excluding carboxylic acids is 1. The van der Waals surface area contributed by atoms with Crippen molar-refractivity contribution < 1.29 is 31.1 Å². The lowest BCUT2D eigenvalue weighted by Crippen LogP contribution is -2.43. The second-order valence-corrected chi connectivity index (χ2v) is 11.2. The number of nitrogens with zero attached hydrogens (tertiary/aromatic N) is 3. The Morgan fingerprint density at radius 1 is 1.13 bits per heavy atom. The van der Waals surface area contributed by atoms with E-state index in [0.717, 1.165) is 18.6 Å². The van der Waals surface area contributed by atoms with Crippen LogP contribution in [0.4, 0.5) is 19.0 Å². The van der Waals surface area contributed by atoms with Gasteiger partial charge in [-0.25, -0.2) is 9.71 Å². The topological polar surface area (TPSA) is 101 Å². The van der Waals surface area contributed by atoms with Crippen molar-refractivity contribution in [2.75, 3.05) is 11.4 Å². The van der Waals surface area contributed by atoms with Gasteiger partial charge in [0.05, 0.1) is 11.1 Å². The van der Waals surface area contributed by atoms with E-state index in [1.165, 1.54) is 36.4 Å². The lowest BCUT2D eigenvalue weighted by atomic mass is 9.90. The summed E-state index contributed by atoms with van der Waals surface area (Å²) in [5.41, 5.74) is -1.19. The number of aromatic nitrogens is 2. The lowest BCUT2D eigenvalue weighted by molar-refractivity contribution is -0.138. The van der Waals surface area contributed by atoms with Crippen LogP contribution in [0.1, 0.15) is 48.7 Å². The normalized spacial score (nSPS) is 17.3. The highest BCUT2D eigenvalue weighted by Gasteiger charge is 2.40. The highest BCUT2D eigenvalue weighted by Crippen LogP contribution is 2.38. The van der Waals surface area contributed by atoms with Gasteiger partial charge in [-0.1, -0.05) is 31.2 Å². The number of sulfonamides is 1. The van der Waals surface area contributed by atoms with Gasteiger partial charge in [-0.15, -0.1) is 0 Å². The number of rotatable bonds is 7. The van der Waals surface area contributed by atoms with Crippen LogP contribution in [-0.4, -0.2) is 36.4 Å². The predicted octanol–water partition coefficient (Wildman–Crippen LogP) is 4.82. The summed E-state index contributed by atoms with van der Waals surface area (Å²) in [6.07, 6.45) is -2.14. The van der Waals surface area contributed by atoms with Crippen LogP contribution in [0.15, 0.2) is 65.8 Å². The first-order chi connectivity index (χ1) is 17.8. The number of halogens is 3. The van der Waals surface area contributed by atoms with Crippen molar-refractivity contribution in [3.63, 3.8) is 0 Å². The monoisotopic (exact) mass is 548 g/mol. The fourth-order valence-electron chi connectivity index (χ4n) is 4.33. The molecule has 1 saturated heterocycles. The molecule has 0 spiro atoms. The molecule has 1 amide bonds. The maximum atomic E-state index is 13.2. The van der Waals surface area contributed by atoms with E-state index in [2.05, 4.69) is 16.9 Å². The van der Waals surface area contributed by atoms with Crippen LogP contribution in [0.25, 0.3) is 0 Å². The molecule has 12 heteroatoms. The second-order valence-electron chi connectivity index (χ2n) is 9.56. The summed E-state index contributed by atoms with van der Waals surface area (Å²) in [6.45, 7) is 6.37. The number of carbonyl (C=O) groups is 1. The van der Waals surface area contributed by atoms with Crippen LogP contribution >= 0.6 is 0 Å². The summed E-state index contributed by atoms with van der Waals surface area (Å²) in [7, 11) is -4.44. The minimum absolute atomic E-state index is 0.0920. The van der Waals surface area contributed by atoms with Crippen LogP contribution in [-0.2, 0) is 22.8 Å². The molecular formula is C26H27F3N4O4S. The van der Waals surface area contributed by atoms with Crippen molar-refractivity contribution in [3.05, 3.63) is 77.5 Å². The van der Waals surface area contributed by atoms with Crippen molar-refractivity contribution >= 4 is 21.7 Å². The fraction of sp³-hybridized carbons (Fsp3) is 0.346. The first-order valence-electron chi connectivity index (χ1n) is 11.9. The molecule has 3 aromatic rings. The first-order valence-corrected chi connectivity index (χ1v) is 13.3. The predicted molar refractivity (Wildman–Crippen MR) is 134 cm³/mol. The Balaban J connectivity index is 1.53. The smallest absolute Gasteiger partial charge is 0.416 e. The molecule has 1 fully saturated rings. The van der Waals surface area contributed by atoms with Gasteiger partial charge >= 0.3 is 6.18 Å². The van der Waals surface area contributed by atoms with Gasteiger partial charge < -0.3 is 9.64 Å². The zero-order valence-electron chi connectivity index (χ0n) is 21.0. The molecular weight excluding hydrogens is 521 g/mol. The number of amides is 1. The number of nitrogens with one attached hydrogen (secondary N) is 1. The van der Waals surface area contributed by atoms with Crippen molar-refractivity contribution in [1.82, 2.24) is 14.7 Å². The van der Waals surface area contributed by atoms with Crippen LogP contribution in [0.2, 0.25) is 0 Å². The summed E-state index contributed by atoms with van der Waals surface area (Å²) in [4.78, 5) is 23.4. The molecule has 0 aliphatic carbocycles. The van der Waals surface area contributed by atoms with Crippen molar-refractivity contribution in [2.45, 2.75) is 50.5 Å². The van der Waals surface area contributed by atoms with Crippen LogP contribution in [0.3, 0.4) is 0 Å². The number of benzene rings is 1. The Kier molecular flexibility index (Phi) is 7.37. The standard InChI is InChI=1S/C26H27F3N4O4S/c1-17-13-15-33(25(17,2)3)23-19(9-7-14-30-23)24(34)32-38(35,36)22-12-6-11-21(31-22)37-16-18-8-4-5-10-20(18)26(27,28)29/h4-12,14,17H,13,15-16H2,1-3H3,(H,32,34). The molecule has 0 radical (unpaired) electrons. The van der Waals surface area contributed by atoms with E-state index in [1.807, 2.05) is 23.5 Å². The molecule has 1 N–H and O–H groups in total. The van der Waals surface area contributed by atoms with Crippen LogP contribution in [0, 0.1) is 5.92 Å². The van der Waals surface area contributed by atoms with Crippen molar-refractivity contribution in [2.24, 2.45) is 5.92 Å². The number of alkyl halides is 3. The fourth-order valence-corrected chi connectivity index (χ4v) is 5.25. The zero-order valence-corrected chi connectivity index (χ0v) is 21.8. The number of ether oxygens (including phenoxy) is 1. The molecule has 1 aliphatic heterocycles. The Morgan fingerprint density at radius 3 is 2.55 bits per heavy atom. The van der Waals surface area contributed by atoms with Crippen molar-refractivity contribution in [1.29, 1.82) is 0 Å². The Bertz CT molecular complexity index is 1440. The maximum absolute atomic E-state index is 13.2. The van der Waals surface area contributed by atoms with Gasteiger partial charge in [0, 0.05) is 29.9 Å².